The number of carbonyl (C=O) groups is 2. The van der Waals surface area contributed by atoms with Crippen molar-refractivity contribution in [2.75, 3.05) is 11.9 Å². The first-order chi connectivity index (χ1) is 13.5. The zero-order valence-corrected chi connectivity index (χ0v) is 16.2. The first-order valence-electron chi connectivity index (χ1n) is 9.34. The van der Waals surface area contributed by atoms with Gasteiger partial charge >= 0.3 is 0 Å². The molecule has 0 aliphatic heterocycles. The second-order valence-corrected chi connectivity index (χ2v) is 6.81. The second-order valence-electron chi connectivity index (χ2n) is 6.81. The topological polar surface area (TPSA) is 58.2 Å². The lowest BCUT2D eigenvalue weighted by atomic mass is 10.0. The van der Waals surface area contributed by atoms with Crippen LogP contribution in [0.3, 0.4) is 0 Å². The first kappa shape index (κ1) is 19.4. The smallest absolute Gasteiger partial charge is 0.255 e. The second kappa shape index (κ2) is 9.00. The normalized spacial score (nSPS) is 10.4. The van der Waals surface area contributed by atoms with Crippen LogP contribution in [0, 0.1) is 13.8 Å². The average Bonchev–Trinajstić information content (AvgIpc) is 2.69. The third kappa shape index (κ3) is 4.86. The summed E-state index contributed by atoms with van der Waals surface area (Å²) in [7, 11) is 0. The van der Waals surface area contributed by atoms with Gasteiger partial charge < -0.3 is 10.6 Å². The van der Waals surface area contributed by atoms with Gasteiger partial charge in [-0.25, -0.2) is 0 Å². The molecule has 0 radical (unpaired) electrons. The van der Waals surface area contributed by atoms with Crippen LogP contribution in [-0.4, -0.2) is 18.4 Å². The molecule has 0 bridgehead atoms. The summed E-state index contributed by atoms with van der Waals surface area (Å²) >= 11 is 0. The molecule has 28 heavy (non-hydrogen) atoms. The van der Waals surface area contributed by atoms with E-state index in [1.807, 2.05) is 62.4 Å². The largest absolute Gasteiger partial charge is 0.352 e. The van der Waals surface area contributed by atoms with Crippen molar-refractivity contribution in [1.29, 1.82) is 0 Å². The number of rotatable bonds is 6. The molecule has 0 aliphatic rings. The molecule has 2 amide bonds. The van der Waals surface area contributed by atoms with Crippen LogP contribution < -0.4 is 10.6 Å². The predicted molar refractivity (Wildman–Crippen MR) is 113 cm³/mol. The maximum absolute atomic E-state index is 12.7. The summed E-state index contributed by atoms with van der Waals surface area (Å²) in [5, 5.41) is 5.81. The summed E-state index contributed by atoms with van der Waals surface area (Å²) in [6, 6.07) is 22.7. The van der Waals surface area contributed by atoms with Crippen LogP contribution in [0.4, 0.5) is 5.69 Å². The number of hydrogen-bond donors (Lipinski definition) is 2. The maximum atomic E-state index is 12.7. The van der Waals surface area contributed by atoms with Crippen LogP contribution >= 0.6 is 0 Å². The molecule has 4 nitrogen and oxygen atoms in total. The Bertz CT molecular complexity index is 981. The van der Waals surface area contributed by atoms with Gasteiger partial charge in [0.2, 0.25) is 0 Å². The zero-order chi connectivity index (χ0) is 19.9. The van der Waals surface area contributed by atoms with Crippen LogP contribution in [0.1, 0.15) is 37.4 Å². The number of para-hydroxylation sites is 1. The summed E-state index contributed by atoms with van der Waals surface area (Å²) in [4.78, 5) is 25.3. The highest BCUT2D eigenvalue weighted by Crippen LogP contribution is 2.18. The Morgan fingerprint density at radius 1 is 0.786 bits per heavy atom. The van der Waals surface area contributed by atoms with Crippen molar-refractivity contribution in [1.82, 2.24) is 5.32 Å². The van der Waals surface area contributed by atoms with Gasteiger partial charge in [0.15, 0.2) is 0 Å². The highest BCUT2D eigenvalue weighted by Gasteiger charge is 2.15. The summed E-state index contributed by atoms with van der Waals surface area (Å²) in [6.45, 7) is 4.43. The number of carbonyl (C=O) groups excluding carboxylic acids is 2. The van der Waals surface area contributed by atoms with Crippen LogP contribution in [0.25, 0.3) is 0 Å². The highest BCUT2D eigenvalue weighted by molar-refractivity contribution is 6.09. The molecule has 0 saturated carbocycles. The van der Waals surface area contributed by atoms with Gasteiger partial charge in [-0.2, -0.15) is 0 Å². The molecule has 4 heteroatoms. The molecule has 0 fully saturated rings. The van der Waals surface area contributed by atoms with E-state index in [-0.39, 0.29) is 11.8 Å². The third-order valence-electron chi connectivity index (χ3n) is 4.59. The van der Waals surface area contributed by atoms with Crippen LogP contribution in [0.5, 0.6) is 0 Å². The van der Waals surface area contributed by atoms with E-state index in [0.717, 1.165) is 17.5 Å². The molecule has 0 unspecified atom stereocenters. The molecule has 3 aromatic carbocycles. The van der Waals surface area contributed by atoms with Crippen molar-refractivity contribution in [3.8, 4) is 0 Å². The fraction of sp³-hybridized carbons (Fsp3) is 0.167. The Hall–Kier alpha value is -3.40. The number of nitrogens with one attached hydrogen (secondary N) is 2. The molecule has 0 heterocycles. The zero-order valence-electron chi connectivity index (χ0n) is 16.2. The Morgan fingerprint density at radius 2 is 1.50 bits per heavy atom. The summed E-state index contributed by atoms with van der Waals surface area (Å²) in [6.07, 6.45) is 0.754. The first-order valence-corrected chi connectivity index (χ1v) is 9.34. The minimum Gasteiger partial charge on any atom is -0.352 e. The molecule has 3 rings (SSSR count). The fourth-order valence-corrected chi connectivity index (χ4v) is 3.11. The molecular formula is C24H24N2O2. The molecule has 0 aliphatic carbocycles. The van der Waals surface area contributed by atoms with Gasteiger partial charge in [-0.05, 0) is 49.6 Å². The average molecular weight is 372 g/mol. The summed E-state index contributed by atoms with van der Waals surface area (Å²) in [5.74, 6) is -0.422. The van der Waals surface area contributed by atoms with Crippen molar-refractivity contribution in [2.45, 2.75) is 20.3 Å². The van der Waals surface area contributed by atoms with Crippen molar-refractivity contribution in [3.63, 3.8) is 0 Å². The van der Waals surface area contributed by atoms with E-state index in [1.54, 1.807) is 24.3 Å². The minimum atomic E-state index is -0.220. The van der Waals surface area contributed by atoms with Gasteiger partial charge in [0.05, 0.1) is 11.3 Å². The van der Waals surface area contributed by atoms with Crippen molar-refractivity contribution in [2.24, 2.45) is 0 Å². The van der Waals surface area contributed by atoms with Crippen molar-refractivity contribution >= 4 is 17.5 Å². The molecule has 0 spiro atoms. The Labute approximate surface area is 165 Å². The Balaban J connectivity index is 1.68. The molecule has 3 aromatic rings. The number of anilines is 1. The number of amides is 2. The van der Waals surface area contributed by atoms with Gasteiger partial charge in [0.25, 0.3) is 11.8 Å². The highest BCUT2D eigenvalue weighted by atomic mass is 16.2. The molecular weight excluding hydrogens is 348 g/mol. The van der Waals surface area contributed by atoms with E-state index in [4.69, 9.17) is 0 Å². The van der Waals surface area contributed by atoms with Crippen LogP contribution in [0.15, 0.2) is 72.8 Å². The number of aryl methyl sites for hydroxylation is 2. The van der Waals surface area contributed by atoms with E-state index in [9.17, 15) is 9.59 Å². The SMILES string of the molecule is Cc1ccc(C(=O)Nc2ccccc2C(=O)NCCc2ccccc2)c(C)c1. The van der Waals surface area contributed by atoms with Crippen LogP contribution in [0.2, 0.25) is 0 Å². The lowest BCUT2D eigenvalue weighted by Gasteiger charge is -2.13. The molecule has 0 aromatic heterocycles. The van der Waals surface area contributed by atoms with E-state index in [0.29, 0.717) is 23.4 Å². The van der Waals surface area contributed by atoms with Gasteiger partial charge in [0.1, 0.15) is 0 Å². The van der Waals surface area contributed by atoms with E-state index < -0.39 is 0 Å². The minimum absolute atomic E-state index is 0.201. The Kier molecular flexibility index (Phi) is 6.22. The van der Waals surface area contributed by atoms with E-state index >= 15 is 0 Å². The van der Waals surface area contributed by atoms with Gasteiger partial charge in [-0.3, -0.25) is 9.59 Å². The Morgan fingerprint density at radius 3 is 2.25 bits per heavy atom. The lowest BCUT2D eigenvalue weighted by molar-refractivity contribution is 0.0955. The molecule has 2 N–H and O–H groups in total. The molecule has 0 atom stereocenters. The molecule has 0 saturated heterocycles. The predicted octanol–water partition coefficient (Wildman–Crippen LogP) is 4.53. The van der Waals surface area contributed by atoms with Gasteiger partial charge in [-0.15, -0.1) is 0 Å². The van der Waals surface area contributed by atoms with Gasteiger partial charge in [0, 0.05) is 12.1 Å². The van der Waals surface area contributed by atoms with E-state index in [2.05, 4.69) is 10.6 Å². The summed E-state index contributed by atoms with van der Waals surface area (Å²) in [5.41, 5.74) is 4.73. The third-order valence-corrected chi connectivity index (χ3v) is 4.59. The van der Waals surface area contributed by atoms with Crippen molar-refractivity contribution < 1.29 is 9.59 Å². The summed E-state index contributed by atoms with van der Waals surface area (Å²) < 4.78 is 0. The van der Waals surface area contributed by atoms with E-state index in [1.165, 1.54) is 5.56 Å². The maximum Gasteiger partial charge on any atom is 0.255 e. The molecule has 142 valence electrons. The van der Waals surface area contributed by atoms with Crippen LogP contribution in [-0.2, 0) is 6.42 Å². The monoisotopic (exact) mass is 372 g/mol. The fourth-order valence-electron chi connectivity index (χ4n) is 3.11. The lowest BCUT2D eigenvalue weighted by Crippen LogP contribution is -2.27. The standard InChI is InChI=1S/C24H24N2O2/c1-17-12-13-20(18(2)16-17)24(28)26-22-11-7-6-10-21(22)23(27)25-15-14-19-8-4-3-5-9-19/h3-13,16H,14-15H2,1-2H3,(H,25,27)(H,26,28). The van der Waals surface area contributed by atoms with Crippen molar-refractivity contribution in [3.05, 3.63) is 101 Å². The quantitative estimate of drug-likeness (QED) is 0.668. The van der Waals surface area contributed by atoms with Gasteiger partial charge in [-0.1, -0.05) is 60.2 Å². The number of benzene rings is 3. The number of hydrogen-bond acceptors (Lipinski definition) is 2.